The van der Waals surface area contributed by atoms with Gasteiger partial charge in [0, 0.05) is 47.9 Å². The smallest absolute Gasteiger partial charge is 0.251 e. The van der Waals surface area contributed by atoms with Crippen molar-refractivity contribution < 1.29 is 4.79 Å². The van der Waals surface area contributed by atoms with E-state index >= 15 is 0 Å². The lowest BCUT2D eigenvalue weighted by molar-refractivity contribution is 0.0950. The molecule has 0 fully saturated rings. The highest BCUT2D eigenvalue weighted by Crippen LogP contribution is 2.28. The monoisotopic (exact) mass is 348 g/mol. The highest BCUT2D eigenvalue weighted by molar-refractivity contribution is 5.99. The van der Waals surface area contributed by atoms with Gasteiger partial charge in [0.15, 0.2) is 0 Å². The number of carbonyl (C=O) groups is 1. The van der Waals surface area contributed by atoms with Crippen molar-refractivity contribution in [2.75, 3.05) is 13.6 Å². The molecule has 3 heterocycles. The number of H-pyrrole nitrogens is 1. The van der Waals surface area contributed by atoms with Gasteiger partial charge in [-0.3, -0.25) is 9.78 Å². The quantitative estimate of drug-likeness (QED) is 0.762. The van der Waals surface area contributed by atoms with Crippen LogP contribution < -0.4 is 5.32 Å². The second-order valence-corrected chi connectivity index (χ2v) is 7.02. The predicted molar refractivity (Wildman–Crippen MR) is 103 cm³/mol. The van der Waals surface area contributed by atoms with Crippen molar-refractivity contribution in [1.82, 2.24) is 20.2 Å². The van der Waals surface area contributed by atoms with Crippen molar-refractivity contribution in [1.29, 1.82) is 0 Å². The molecule has 2 N–H and O–H groups in total. The van der Waals surface area contributed by atoms with Crippen molar-refractivity contribution in [3.8, 4) is 0 Å². The van der Waals surface area contributed by atoms with Crippen LogP contribution >= 0.6 is 0 Å². The van der Waals surface area contributed by atoms with Crippen LogP contribution in [0, 0.1) is 0 Å². The highest BCUT2D eigenvalue weighted by atomic mass is 16.1. The van der Waals surface area contributed by atoms with Crippen LogP contribution in [0.25, 0.3) is 10.9 Å². The maximum Gasteiger partial charge on any atom is 0.251 e. The standard InChI is InChI=1S/C21H24N4O/c1-3-14-6-8-22-16(10-14)12-23-21(26)15-4-5-19-17(11-15)18-13-25(2)9-7-20(18)24-19/h4-6,8,10-11,24H,3,7,9,12-13H2,1-2H3,(H,23,26). The second-order valence-electron chi connectivity index (χ2n) is 7.02. The van der Waals surface area contributed by atoms with E-state index in [2.05, 4.69) is 34.2 Å². The topological polar surface area (TPSA) is 61.0 Å². The van der Waals surface area contributed by atoms with Gasteiger partial charge in [0.2, 0.25) is 0 Å². The molecule has 0 aliphatic carbocycles. The number of nitrogens with one attached hydrogen (secondary N) is 2. The molecular formula is C21H24N4O. The number of nitrogens with zero attached hydrogens (tertiary/aromatic N) is 2. The molecule has 1 aromatic carbocycles. The first-order valence-electron chi connectivity index (χ1n) is 9.18. The Balaban J connectivity index is 1.54. The van der Waals surface area contributed by atoms with Crippen molar-refractivity contribution in [3.05, 3.63) is 64.6 Å². The summed E-state index contributed by atoms with van der Waals surface area (Å²) in [5.41, 5.74) is 6.54. The molecule has 1 amide bonds. The van der Waals surface area contributed by atoms with E-state index in [1.54, 1.807) is 6.20 Å². The van der Waals surface area contributed by atoms with E-state index in [0.717, 1.165) is 42.5 Å². The molecular weight excluding hydrogens is 324 g/mol. The van der Waals surface area contributed by atoms with Crippen LogP contribution in [0.1, 0.15) is 39.8 Å². The van der Waals surface area contributed by atoms with Crippen LogP contribution in [0.3, 0.4) is 0 Å². The Morgan fingerprint density at radius 2 is 2.19 bits per heavy atom. The summed E-state index contributed by atoms with van der Waals surface area (Å²) in [7, 11) is 2.13. The van der Waals surface area contributed by atoms with Crippen LogP contribution in [-0.2, 0) is 25.9 Å². The molecule has 5 heteroatoms. The normalized spacial score (nSPS) is 14.4. The van der Waals surface area contributed by atoms with Crippen LogP contribution in [-0.4, -0.2) is 34.4 Å². The average Bonchev–Trinajstić information content (AvgIpc) is 3.03. The second kappa shape index (κ2) is 6.92. The molecule has 2 aromatic heterocycles. The zero-order valence-corrected chi connectivity index (χ0v) is 15.3. The zero-order valence-electron chi connectivity index (χ0n) is 15.3. The molecule has 4 rings (SSSR count). The lowest BCUT2D eigenvalue weighted by Gasteiger charge is -2.22. The number of carbonyl (C=O) groups excluding carboxylic acids is 1. The van der Waals surface area contributed by atoms with Gasteiger partial charge in [-0.15, -0.1) is 0 Å². The summed E-state index contributed by atoms with van der Waals surface area (Å²) >= 11 is 0. The molecule has 0 radical (unpaired) electrons. The maximum atomic E-state index is 12.6. The third kappa shape index (κ3) is 3.22. The summed E-state index contributed by atoms with van der Waals surface area (Å²) in [6, 6.07) is 9.96. The van der Waals surface area contributed by atoms with Gasteiger partial charge < -0.3 is 15.2 Å². The number of hydrogen-bond acceptors (Lipinski definition) is 3. The molecule has 0 atom stereocenters. The Morgan fingerprint density at radius 3 is 3.04 bits per heavy atom. The molecule has 3 aromatic rings. The third-order valence-corrected chi connectivity index (χ3v) is 5.15. The molecule has 26 heavy (non-hydrogen) atoms. The Hall–Kier alpha value is -2.66. The summed E-state index contributed by atoms with van der Waals surface area (Å²) in [6.07, 6.45) is 3.80. The minimum atomic E-state index is -0.0604. The van der Waals surface area contributed by atoms with Crippen LogP contribution in [0.5, 0.6) is 0 Å². The van der Waals surface area contributed by atoms with E-state index in [9.17, 15) is 4.79 Å². The average molecular weight is 348 g/mol. The molecule has 0 saturated carbocycles. The number of rotatable bonds is 4. The third-order valence-electron chi connectivity index (χ3n) is 5.15. The Morgan fingerprint density at radius 1 is 1.31 bits per heavy atom. The summed E-state index contributed by atoms with van der Waals surface area (Å²) in [5, 5.41) is 4.15. The van der Waals surface area contributed by atoms with Crippen LogP contribution in [0.2, 0.25) is 0 Å². The molecule has 0 spiro atoms. The number of pyridine rings is 1. The van der Waals surface area contributed by atoms with Gasteiger partial charge in [-0.05, 0) is 54.9 Å². The molecule has 1 aliphatic heterocycles. The molecule has 0 saturated heterocycles. The van der Waals surface area contributed by atoms with Crippen molar-refractivity contribution >= 4 is 16.8 Å². The number of aromatic amines is 1. The van der Waals surface area contributed by atoms with Gasteiger partial charge in [0.25, 0.3) is 5.91 Å². The first-order valence-corrected chi connectivity index (χ1v) is 9.18. The summed E-state index contributed by atoms with van der Waals surface area (Å²) < 4.78 is 0. The Labute approximate surface area is 153 Å². The van der Waals surface area contributed by atoms with Gasteiger partial charge in [-0.2, -0.15) is 0 Å². The minimum Gasteiger partial charge on any atom is -0.358 e. The van der Waals surface area contributed by atoms with E-state index in [0.29, 0.717) is 12.1 Å². The summed E-state index contributed by atoms with van der Waals surface area (Å²) in [4.78, 5) is 22.8. The number of likely N-dealkylation sites (N-methyl/N-ethyl adjacent to an activating group) is 1. The number of aromatic nitrogens is 2. The fraction of sp³-hybridized carbons (Fsp3) is 0.333. The fourth-order valence-corrected chi connectivity index (χ4v) is 3.61. The molecule has 1 aliphatic rings. The summed E-state index contributed by atoms with van der Waals surface area (Å²) in [6.45, 7) is 4.55. The largest absolute Gasteiger partial charge is 0.358 e. The van der Waals surface area contributed by atoms with Crippen molar-refractivity contribution in [3.63, 3.8) is 0 Å². The minimum absolute atomic E-state index is 0.0604. The van der Waals surface area contributed by atoms with E-state index in [1.807, 2.05) is 30.3 Å². The lowest BCUT2D eigenvalue weighted by atomic mass is 10.0. The highest BCUT2D eigenvalue weighted by Gasteiger charge is 2.19. The molecule has 134 valence electrons. The summed E-state index contributed by atoms with van der Waals surface area (Å²) in [5.74, 6) is -0.0604. The van der Waals surface area contributed by atoms with Crippen molar-refractivity contribution in [2.24, 2.45) is 0 Å². The van der Waals surface area contributed by atoms with Gasteiger partial charge in [0.05, 0.1) is 12.2 Å². The maximum absolute atomic E-state index is 12.6. The molecule has 0 bridgehead atoms. The molecule has 0 unspecified atom stereocenters. The van der Waals surface area contributed by atoms with Crippen LogP contribution in [0.15, 0.2) is 36.5 Å². The van der Waals surface area contributed by atoms with Gasteiger partial charge in [0.1, 0.15) is 0 Å². The van der Waals surface area contributed by atoms with E-state index in [4.69, 9.17) is 0 Å². The first-order chi connectivity index (χ1) is 12.6. The Bertz CT molecular complexity index is 960. The fourth-order valence-electron chi connectivity index (χ4n) is 3.61. The van der Waals surface area contributed by atoms with E-state index < -0.39 is 0 Å². The van der Waals surface area contributed by atoms with Gasteiger partial charge >= 0.3 is 0 Å². The van der Waals surface area contributed by atoms with Crippen LogP contribution in [0.4, 0.5) is 0 Å². The van der Waals surface area contributed by atoms with Gasteiger partial charge in [-0.25, -0.2) is 0 Å². The number of benzene rings is 1. The number of hydrogen-bond donors (Lipinski definition) is 2. The number of aryl methyl sites for hydroxylation is 1. The molecule has 5 nitrogen and oxygen atoms in total. The van der Waals surface area contributed by atoms with E-state index in [1.165, 1.54) is 16.8 Å². The SMILES string of the molecule is CCc1ccnc(CNC(=O)c2ccc3[nH]c4c(c3c2)CN(C)CC4)c1. The first kappa shape index (κ1) is 16.8. The predicted octanol–water partition coefficient (Wildman–Crippen LogP) is 3.04. The Kier molecular flexibility index (Phi) is 4.47. The van der Waals surface area contributed by atoms with Crippen molar-refractivity contribution in [2.45, 2.75) is 32.9 Å². The van der Waals surface area contributed by atoms with E-state index in [-0.39, 0.29) is 5.91 Å². The van der Waals surface area contributed by atoms with Gasteiger partial charge in [-0.1, -0.05) is 6.92 Å². The number of fused-ring (bicyclic) bond motifs is 3. The zero-order chi connectivity index (χ0) is 18.1. The number of amides is 1. The lowest BCUT2D eigenvalue weighted by Crippen LogP contribution is -2.26.